The Kier molecular flexibility index (Phi) is 8.45. The Bertz CT molecular complexity index is 1120. The number of nitrogens with one attached hydrogen (secondary N) is 2. The van der Waals surface area contributed by atoms with Gasteiger partial charge in [0, 0.05) is 26.2 Å². The van der Waals surface area contributed by atoms with Crippen molar-refractivity contribution in [1.82, 2.24) is 25.4 Å². The third-order valence-corrected chi connectivity index (χ3v) is 8.13. The van der Waals surface area contributed by atoms with Gasteiger partial charge in [0.05, 0.1) is 19.3 Å². The molecule has 2 N–H and O–H groups in total. The third-order valence-electron chi connectivity index (χ3n) is 8.13. The first-order valence-electron chi connectivity index (χ1n) is 14.0. The number of nitriles is 1. The minimum absolute atomic E-state index is 0.139. The Morgan fingerprint density at radius 3 is 2.63 bits per heavy atom. The molecule has 5 rings (SSSR count). The van der Waals surface area contributed by atoms with Gasteiger partial charge in [-0.25, -0.2) is 0 Å². The molecular weight excluding hydrogens is 482 g/mol. The number of fused-ring (bicyclic) bond motifs is 1. The maximum atomic E-state index is 13.9. The van der Waals surface area contributed by atoms with E-state index in [1.165, 1.54) is 19.3 Å². The number of hydrogen-bond acceptors (Lipinski definition) is 7. The van der Waals surface area contributed by atoms with Crippen molar-refractivity contribution in [1.29, 1.82) is 5.26 Å². The highest BCUT2D eigenvalue weighted by atomic mass is 16.5. The maximum absolute atomic E-state index is 13.9. The summed E-state index contributed by atoms with van der Waals surface area (Å²) >= 11 is 0. The average Bonchev–Trinajstić information content (AvgIpc) is 3.37. The number of aromatic nitrogens is 1. The van der Waals surface area contributed by atoms with Crippen LogP contribution in [0, 0.1) is 17.2 Å². The fourth-order valence-electron chi connectivity index (χ4n) is 5.70. The SMILES string of the molecule is CN1CCC(C#N)(NC(=O)C(CC2CCCCC2)N/C(=N\c2nc3ccccc3o2)N2CCOCC2)CC1. The molecule has 2 aliphatic heterocycles. The summed E-state index contributed by atoms with van der Waals surface area (Å²) in [6.07, 6.45) is 7.82. The van der Waals surface area contributed by atoms with Crippen LogP contribution in [0.3, 0.4) is 0 Å². The summed E-state index contributed by atoms with van der Waals surface area (Å²) in [7, 11) is 2.05. The fourth-order valence-corrected chi connectivity index (χ4v) is 5.70. The highest BCUT2D eigenvalue weighted by Crippen LogP contribution is 2.29. The highest BCUT2D eigenvalue weighted by molar-refractivity contribution is 5.90. The Morgan fingerprint density at radius 2 is 1.92 bits per heavy atom. The lowest BCUT2D eigenvalue weighted by Gasteiger charge is -2.38. The number of likely N-dealkylation sites (tertiary alicyclic amines) is 1. The van der Waals surface area contributed by atoms with Gasteiger partial charge in [0.2, 0.25) is 11.9 Å². The number of aliphatic imine (C=N–C) groups is 1. The van der Waals surface area contributed by atoms with Gasteiger partial charge in [0.1, 0.15) is 17.1 Å². The molecule has 1 amide bonds. The van der Waals surface area contributed by atoms with E-state index in [1.54, 1.807) is 0 Å². The Balaban J connectivity index is 1.41. The van der Waals surface area contributed by atoms with Crippen molar-refractivity contribution in [3.63, 3.8) is 0 Å². The Labute approximate surface area is 224 Å². The zero-order valence-corrected chi connectivity index (χ0v) is 22.3. The van der Waals surface area contributed by atoms with Crippen molar-refractivity contribution < 1.29 is 13.9 Å². The molecule has 0 radical (unpaired) electrons. The van der Waals surface area contributed by atoms with Gasteiger partial charge in [0.15, 0.2) is 5.58 Å². The molecule has 3 aliphatic rings. The van der Waals surface area contributed by atoms with Crippen LogP contribution in [0.15, 0.2) is 33.7 Å². The Morgan fingerprint density at radius 1 is 1.18 bits per heavy atom. The lowest BCUT2D eigenvalue weighted by Crippen LogP contribution is -2.60. The van der Waals surface area contributed by atoms with E-state index >= 15 is 0 Å². The van der Waals surface area contributed by atoms with Crippen molar-refractivity contribution in [3.05, 3.63) is 24.3 Å². The maximum Gasteiger partial charge on any atom is 0.325 e. The summed E-state index contributed by atoms with van der Waals surface area (Å²) in [5, 5.41) is 16.7. The molecule has 2 aromatic rings. The number of carbonyl (C=O) groups excluding carboxylic acids is 1. The number of hydrogen-bond donors (Lipinski definition) is 2. The first kappa shape index (κ1) is 26.4. The second-order valence-electron chi connectivity index (χ2n) is 10.9. The van der Waals surface area contributed by atoms with Gasteiger partial charge in [-0.1, -0.05) is 44.2 Å². The van der Waals surface area contributed by atoms with Gasteiger partial charge in [-0.05, 0) is 44.4 Å². The van der Waals surface area contributed by atoms with E-state index < -0.39 is 11.6 Å². The molecular formula is C28H39N7O3. The zero-order valence-electron chi connectivity index (χ0n) is 22.3. The number of ether oxygens (including phenoxy) is 1. The first-order valence-corrected chi connectivity index (χ1v) is 14.0. The number of nitrogens with zero attached hydrogens (tertiary/aromatic N) is 5. The largest absolute Gasteiger partial charge is 0.422 e. The van der Waals surface area contributed by atoms with Crippen molar-refractivity contribution in [3.8, 4) is 6.07 Å². The van der Waals surface area contributed by atoms with E-state index in [-0.39, 0.29) is 11.9 Å². The molecule has 1 aromatic heterocycles. The molecule has 1 unspecified atom stereocenters. The van der Waals surface area contributed by atoms with Gasteiger partial charge >= 0.3 is 6.01 Å². The van der Waals surface area contributed by atoms with E-state index in [0.717, 1.165) is 31.4 Å². The van der Waals surface area contributed by atoms with E-state index in [2.05, 4.69) is 31.5 Å². The minimum Gasteiger partial charge on any atom is -0.422 e. The van der Waals surface area contributed by atoms with Gasteiger partial charge in [-0.3, -0.25) is 4.79 Å². The lowest BCUT2D eigenvalue weighted by atomic mass is 9.84. The standard InChI is InChI=1S/C28H39N7O3/c1-34-13-11-28(20-29,12-14-34)33-25(36)23(19-21-7-3-2-4-8-21)30-26(35-15-17-37-18-16-35)32-27-31-22-9-5-6-10-24(22)38-27/h5-6,9-10,21,23H,2-4,7-8,11-19H2,1H3,(H,33,36)(H,30,31,32). The summed E-state index contributed by atoms with van der Waals surface area (Å²) < 4.78 is 11.5. The van der Waals surface area contributed by atoms with Crippen LogP contribution in [0.2, 0.25) is 0 Å². The number of guanidine groups is 1. The van der Waals surface area contributed by atoms with Crippen molar-refractivity contribution >= 4 is 29.0 Å². The molecule has 10 nitrogen and oxygen atoms in total. The van der Waals surface area contributed by atoms with Crippen LogP contribution in [0.1, 0.15) is 51.4 Å². The van der Waals surface area contributed by atoms with Crippen LogP contribution < -0.4 is 10.6 Å². The second-order valence-corrected chi connectivity index (χ2v) is 10.9. The summed E-state index contributed by atoms with van der Waals surface area (Å²) in [5.74, 6) is 0.878. The molecule has 1 saturated carbocycles. The van der Waals surface area contributed by atoms with Crippen LogP contribution in [0.4, 0.5) is 6.01 Å². The number of para-hydroxylation sites is 2. The topological polar surface area (TPSA) is 119 Å². The highest BCUT2D eigenvalue weighted by Gasteiger charge is 2.38. The minimum atomic E-state index is -0.841. The van der Waals surface area contributed by atoms with E-state index in [1.807, 2.05) is 31.3 Å². The van der Waals surface area contributed by atoms with E-state index in [9.17, 15) is 10.1 Å². The molecule has 3 heterocycles. The lowest BCUT2D eigenvalue weighted by molar-refractivity contribution is -0.125. The van der Waals surface area contributed by atoms with Gasteiger partial charge in [-0.15, -0.1) is 0 Å². The van der Waals surface area contributed by atoms with Crippen LogP contribution in [0.25, 0.3) is 11.1 Å². The van der Waals surface area contributed by atoms with Gasteiger partial charge in [-0.2, -0.15) is 15.2 Å². The number of amides is 1. The fraction of sp³-hybridized carbons (Fsp3) is 0.643. The van der Waals surface area contributed by atoms with Crippen LogP contribution in [-0.4, -0.2) is 84.7 Å². The van der Waals surface area contributed by atoms with Crippen LogP contribution >= 0.6 is 0 Å². The van der Waals surface area contributed by atoms with Gasteiger partial charge in [0.25, 0.3) is 0 Å². The molecule has 1 atom stereocenters. The van der Waals surface area contributed by atoms with Crippen molar-refractivity contribution in [2.75, 3.05) is 46.4 Å². The number of benzene rings is 1. The molecule has 38 heavy (non-hydrogen) atoms. The van der Waals surface area contributed by atoms with Crippen LogP contribution in [0.5, 0.6) is 0 Å². The quantitative estimate of drug-likeness (QED) is 0.440. The number of piperidine rings is 1. The summed E-state index contributed by atoms with van der Waals surface area (Å²) in [5.41, 5.74) is 0.566. The number of rotatable bonds is 6. The molecule has 10 heteroatoms. The number of morpholine rings is 1. The predicted molar refractivity (Wildman–Crippen MR) is 145 cm³/mol. The summed E-state index contributed by atoms with van der Waals surface area (Å²) in [6, 6.07) is 9.74. The third kappa shape index (κ3) is 6.45. The second kappa shape index (κ2) is 12.1. The smallest absolute Gasteiger partial charge is 0.325 e. The molecule has 0 bridgehead atoms. The first-order chi connectivity index (χ1) is 18.5. The molecule has 1 aliphatic carbocycles. The average molecular weight is 522 g/mol. The van der Waals surface area contributed by atoms with Crippen molar-refractivity contribution in [2.45, 2.75) is 62.9 Å². The van der Waals surface area contributed by atoms with E-state index in [4.69, 9.17) is 14.1 Å². The van der Waals surface area contributed by atoms with E-state index in [0.29, 0.717) is 63.0 Å². The molecule has 0 spiro atoms. The van der Waals surface area contributed by atoms with Crippen molar-refractivity contribution in [2.24, 2.45) is 10.9 Å². The normalized spacial score (nSPS) is 22.1. The molecule has 204 valence electrons. The molecule has 1 aromatic carbocycles. The monoisotopic (exact) mass is 521 g/mol. The van der Waals surface area contributed by atoms with Crippen LogP contribution in [-0.2, 0) is 9.53 Å². The summed E-state index contributed by atoms with van der Waals surface area (Å²) in [4.78, 5) is 27.5. The molecule has 2 saturated heterocycles. The van der Waals surface area contributed by atoms with Gasteiger partial charge < -0.3 is 29.6 Å². The molecule has 3 fully saturated rings. The number of carbonyl (C=O) groups is 1. The number of oxazole rings is 1. The summed E-state index contributed by atoms with van der Waals surface area (Å²) in [6.45, 7) is 4.04. The zero-order chi connectivity index (χ0) is 26.4. The predicted octanol–water partition coefficient (Wildman–Crippen LogP) is 3.18. The Hall–Kier alpha value is -3.16.